The molecular formula is C11H28N2Si. The first-order valence-corrected chi connectivity index (χ1v) is 9.07. The molecule has 0 fully saturated rings. The van der Waals surface area contributed by atoms with E-state index in [1.54, 1.807) is 0 Å². The van der Waals surface area contributed by atoms with Crippen molar-refractivity contribution in [3.63, 3.8) is 0 Å². The maximum atomic E-state index is 2.61. The molecule has 0 unspecified atom stereocenters. The van der Waals surface area contributed by atoms with E-state index >= 15 is 0 Å². The molecule has 0 radical (unpaired) electrons. The van der Waals surface area contributed by atoms with Crippen molar-refractivity contribution in [1.29, 1.82) is 0 Å². The molecule has 0 aromatic rings. The molecule has 0 aromatic heterocycles. The highest BCUT2D eigenvalue weighted by Gasteiger charge is 2.24. The van der Waals surface area contributed by atoms with Crippen molar-refractivity contribution in [3.05, 3.63) is 0 Å². The van der Waals surface area contributed by atoms with Gasteiger partial charge in [-0.3, -0.25) is 9.80 Å². The number of nitrogens with zero attached hydrogens (tertiary/aromatic N) is 2. The smallest absolute Gasteiger partial charge is 0.0692 e. The van der Waals surface area contributed by atoms with E-state index in [4.69, 9.17) is 0 Å². The van der Waals surface area contributed by atoms with Crippen molar-refractivity contribution >= 4 is 8.80 Å². The lowest BCUT2D eigenvalue weighted by atomic mass is 10.5. The van der Waals surface area contributed by atoms with Crippen molar-refractivity contribution in [3.8, 4) is 0 Å². The second kappa shape index (κ2) is 7.43. The van der Waals surface area contributed by atoms with Gasteiger partial charge in [-0.2, -0.15) is 0 Å². The van der Waals surface area contributed by atoms with Gasteiger partial charge in [0.1, 0.15) is 0 Å². The van der Waals surface area contributed by atoms with Crippen molar-refractivity contribution in [2.24, 2.45) is 0 Å². The van der Waals surface area contributed by atoms with Gasteiger partial charge in [0.15, 0.2) is 0 Å². The van der Waals surface area contributed by atoms with Gasteiger partial charge in [-0.05, 0) is 26.2 Å². The molecule has 0 amide bonds. The number of rotatable bonds is 7. The Morgan fingerprint density at radius 1 is 0.786 bits per heavy atom. The maximum Gasteiger partial charge on any atom is 0.0692 e. The average molecular weight is 216 g/mol. The molecule has 14 heavy (non-hydrogen) atoms. The molecule has 0 bridgehead atoms. The van der Waals surface area contributed by atoms with Crippen LogP contribution in [-0.2, 0) is 0 Å². The summed E-state index contributed by atoms with van der Waals surface area (Å²) in [6, 6.07) is 0. The molecule has 0 aromatic carbocycles. The zero-order valence-corrected chi connectivity index (χ0v) is 12.0. The van der Waals surface area contributed by atoms with Crippen molar-refractivity contribution in [2.45, 2.75) is 46.6 Å². The van der Waals surface area contributed by atoms with Crippen molar-refractivity contribution in [2.75, 3.05) is 26.2 Å². The minimum Gasteiger partial charge on any atom is -0.292 e. The fraction of sp³-hybridized carbons (Fsp3) is 1.00. The summed E-state index contributed by atoms with van der Waals surface area (Å²) >= 11 is 0. The maximum absolute atomic E-state index is 2.61. The van der Waals surface area contributed by atoms with Gasteiger partial charge in [0.05, 0.1) is 8.80 Å². The van der Waals surface area contributed by atoms with Gasteiger partial charge in [0.25, 0.3) is 0 Å². The molecule has 0 heterocycles. The molecule has 0 rings (SSSR count). The fourth-order valence-corrected chi connectivity index (χ4v) is 4.80. The monoisotopic (exact) mass is 216 g/mol. The molecule has 0 atom stereocenters. The van der Waals surface area contributed by atoms with Crippen LogP contribution < -0.4 is 0 Å². The Balaban J connectivity index is 4.54. The molecule has 0 saturated heterocycles. The lowest BCUT2D eigenvalue weighted by Gasteiger charge is -2.40. The minimum absolute atomic E-state index is 0.620. The highest BCUT2D eigenvalue weighted by Crippen LogP contribution is 2.09. The van der Waals surface area contributed by atoms with Crippen LogP contribution in [-0.4, -0.2) is 50.6 Å². The van der Waals surface area contributed by atoms with Gasteiger partial charge in [-0.1, -0.05) is 40.8 Å². The molecular weight excluding hydrogens is 188 g/mol. The summed E-state index contributed by atoms with van der Waals surface area (Å²) in [7, 11) is -0.620. The van der Waals surface area contributed by atoms with Crippen LogP contribution in [0, 0.1) is 0 Å². The molecule has 0 saturated carbocycles. The van der Waals surface area contributed by atoms with E-state index in [1.165, 1.54) is 26.2 Å². The van der Waals surface area contributed by atoms with Crippen LogP contribution in [0.15, 0.2) is 0 Å². The molecule has 3 heteroatoms. The second-order valence-corrected chi connectivity index (χ2v) is 7.18. The van der Waals surface area contributed by atoms with E-state index in [9.17, 15) is 0 Å². The average Bonchev–Trinajstić information content (AvgIpc) is 2.18. The third-order valence-electron chi connectivity index (χ3n) is 2.97. The fourth-order valence-electron chi connectivity index (χ4n) is 2.27. The molecule has 0 spiro atoms. The largest absolute Gasteiger partial charge is 0.292 e. The lowest BCUT2D eigenvalue weighted by Crippen LogP contribution is -2.55. The Hall–Kier alpha value is 0.137. The number of hydrogen-bond acceptors (Lipinski definition) is 2. The van der Waals surface area contributed by atoms with Crippen LogP contribution in [0.4, 0.5) is 0 Å². The molecule has 2 nitrogen and oxygen atoms in total. The number of hydrogen-bond donors (Lipinski definition) is 0. The summed E-state index contributed by atoms with van der Waals surface area (Å²) < 4.78 is 0. The second-order valence-electron chi connectivity index (χ2n) is 4.10. The van der Waals surface area contributed by atoms with Crippen molar-refractivity contribution in [1.82, 2.24) is 9.80 Å². The van der Waals surface area contributed by atoms with E-state index in [2.05, 4.69) is 50.6 Å². The SMILES string of the molecule is CCN(CC)C(N(CC)CC)[SiH](C)C. The van der Waals surface area contributed by atoms with E-state index in [0.29, 0.717) is 0 Å². The van der Waals surface area contributed by atoms with Crippen LogP contribution in [0.5, 0.6) is 0 Å². The normalized spacial score (nSPS) is 12.4. The van der Waals surface area contributed by atoms with Crippen LogP contribution in [0.3, 0.4) is 0 Å². The summed E-state index contributed by atoms with van der Waals surface area (Å²) in [5, 5.41) is 0. The predicted molar refractivity (Wildman–Crippen MR) is 68.5 cm³/mol. The molecule has 0 aliphatic rings. The Labute approximate surface area is 91.9 Å². The third kappa shape index (κ3) is 3.71. The first-order valence-electron chi connectivity index (χ1n) is 6.10. The Morgan fingerprint density at radius 2 is 1.07 bits per heavy atom. The van der Waals surface area contributed by atoms with E-state index in [0.717, 1.165) is 5.79 Å². The third-order valence-corrected chi connectivity index (χ3v) is 5.01. The highest BCUT2D eigenvalue weighted by molar-refractivity contribution is 6.57. The van der Waals surface area contributed by atoms with E-state index < -0.39 is 8.80 Å². The summed E-state index contributed by atoms with van der Waals surface area (Å²) in [6.45, 7) is 18.8. The van der Waals surface area contributed by atoms with Gasteiger partial charge in [0.2, 0.25) is 0 Å². The standard InChI is InChI=1S/C11H28N2Si/c1-7-12(8-2)11(14(5)6)13(9-3)10-4/h11,14H,7-10H2,1-6H3. The summed E-state index contributed by atoms with van der Waals surface area (Å²) in [5.74, 6) is 0.750. The molecule has 0 aliphatic heterocycles. The first kappa shape index (κ1) is 14.1. The van der Waals surface area contributed by atoms with Gasteiger partial charge in [0, 0.05) is 5.79 Å². The topological polar surface area (TPSA) is 6.48 Å². The summed E-state index contributed by atoms with van der Waals surface area (Å²) in [5.41, 5.74) is 0. The minimum atomic E-state index is -0.620. The van der Waals surface area contributed by atoms with Gasteiger partial charge >= 0.3 is 0 Å². The van der Waals surface area contributed by atoms with Crippen molar-refractivity contribution < 1.29 is 0 Å². The van der Waals surface area contributed by atoms with Gasteiger partial charge in [-0.15, -0.1) is 0 Å². The van der Waals surface area contributed by atoms with E-state index in [-0.39, 0.29) is 0 Å². The predicted octanol–water partition coefficient (Wildman–Crippen LogP) is 2.02. The zero-order chi connectivity index (χ0) is 11.1. The van der Waals surface area contributed by atoms with Crippen LogP contribution in [0.1, 0.15) is 27.7 Å². The highest BCUT2D eigenvalue weighted by atomic mass is 28.3. The zero-order valence-electron chi connectivity index (χ0n) is 10.9. The van der Waals surface area contributed by atoms with Crippen LogP contribution in [0.25, 0.3) is 0 Å². The Kier molecular flexibility index (Phi) is 7.50. The molecule has 0 aliphatic carbocycles. The molecule has 0 N–H and O–H groups in total. The Morgan fingerprint density at radius 3 is 1.21 bits per heavy atom. The molecule has 86 valence electrons. The van der Waals surface area contributed by atoms with Crippen LogP contribution >= 0.6 is 0 Å². The van der Waals surface area contributed by atoms with Gasteiger partial charge in [-0.25, -0.2) is 0 Å². The van der Waals surface area contributed by atoms with Crippen LogP contribution in [0.2, 0.25) is 13.1 Å². The quantitative estimate of drug-likeness (QED) is 0.474. The summed E-state index contributed by atoms with van der Waals surface area (Å²) in [4.78, 5) is 5.23. The first-order chi connectivity index (χ1) is 6.62. The summed E-state index contributed by atoms with van der Waals surface area (Å²) in [6.07, 6.45) is 0. The van der Waals surface area contributed by atoms with Gasteiger partial charge < -0.3 is 0 Å². The Bertz CT molecular complexity index is 119. The lowest BCUT2D eigenvalue weighted by molar-refractivity contribution is 0.112. The van der Waals surface area contributed by atoms with E-state index in [1.807, 2.05) is 0 Å².